The lowest BCUT2D eigenvalue weighted by Crippen LogP contribution is -2.27. The van der Waals surface area contributed by atoms with E-state index in [0.717, 1.165) is 11.3 Å². The van der Waals surface area contributed by atoms with Gasteiger partial charge in [-0.1, -0.05) is 24.0 Å². The summed E-state index contributed by atoms with van der Waals surface area (Å²) in [7, 11) is 3.17. The smallest absolute Gasteiger partial charge is 0.270 e. The van der Waals surface area contributed by atoms with E-state index in [9.17, 15) is 4.79 Å². The Bertz CT molecular complexity index is 893. The zero-order chi connectivity index (χ0) is 19.4. The summed E-state index contributed by atoms with van der Waals surface area (Å²) in [6, 6.07) is 12.8. The highest BCUT2D eigenvalue weighted by atomic mass is 32.2. The van der Waals surface area contributed by atoms with Crippen molar-refractivity contribution in [2.45, 2.75) is 6.92 Å². The Morgan fingerprint density at radius 3 is 2.41 bits per heavy atom. The Morgan fingerprint density at radius 2 is 1.78 bits per heavy atom. The molecule has 2 aromatic carbocycles. The Hall–Kier alpha value is -2.51. The molecule has 3 rings (SSSR count). The molecule has 1 fully saturated rings. The zero-order valence-corrected chi connectivity index (χ0v) is 16.9. The van der Waals surface area contributed by atoms with Crippen molar-refractivity contribution in [2.75, 3.05) is 25.7 Å². The van der Waals surface area contributed by atoms with Crippen LogP contribution in [0.1, 0.15) is 12.5 Å². The molecule has 0 atom stereocenters. The van der Waals surface area contributed by atoms with Gasteiger partial charge in [-0.15, -0.1) is 0 Å². The van der Waals surface area contributed by atoms with Gasteiger partial charge in [-0.25, -0.2) is 0 Å². The van der Waals surface area contributed by atoms with E-state index in [1.807, 2.05) is 43.3 Å². The highest BCUT2D eigenvalue weighted by Gasteiger charge is 2.33. The van der Waals surface area contributed by atoms with Crippen LogP contribution in [0.2, 0.25) is 0 Å². The normalized spacial score (nSPS) is 15.4. The first-order valence-electron chi connectivity index (χ1n) is 8.30. The van der Waals surface area contributed by atoms with Gasteiger partial charge in [0.15, 0.2) is 4.32 Å². The summed E-state index contributed by atoms with van der Waals surface area (Å²) >= 11 is 6.69. The van der Waals surface area contributed by atoms with Crippen molar-refractivity contribution in [2.24, 2.45) is 0 Å². The average molecular weight is 402 g/mol. The van der Waals surface area contributed by atoms with Crippen molar-refractivity contribution in [3.8, 4) is 17.2 Å². The van der Waals surface area contributed by atoms with Gasteiger partial charge >= 0.3 is 0 Å². The molecule has 140 valence electrons. The predicted molar refractivity (Wildman–Crippen MR) is 113 cm³/mol. The van der Waals surface area contributed by atoms with Crippen LogP contribution in [0.3, 0.4) is 0 Å². The Kier molecular flexibility index (Phi) is 6.03. The first-order chi connectivity index (χ1) is 13.1. The maximum Gasteiger partial charge on any atom is 0.270 e. The Morgan fingerprint density at radius 1 is 1.07 bits per heavy atom. The summed E-state index contributed by atoms with van der Waals surface area (Å²) in [5.41, 5.74) is 1.50. The van der Waals surface area contributed by atoms with Crippen molar-refractivity contribution < 1.29 is 19.0 Å². The first kappa shape index (κ1) is 19.3. The largest absolute Gasteiger partial charge is 0.497 e. The molecule has 0 saturated carbocycles. The number of benzene rings is 2. The molecule has 0 radical (unpaired) electrons. The van der Waals surface area contributed by atoms with Crippen molar-refractivity contribution in [1.82, 2.24) is 0 Å². The molecule has 2 aromatic rings. The molecule has 1 aliphatic rings. The molecule has 7 heteroatoms. The molecule has 0 N–H and O–H groups in total. The quantitative estimate of drug-likeness (QED) is 0.524. The molecule has 27 heavy (non-hydrogen) atoms. The lowest BCUT2D eigenvalue weighted by atomic mass is 10.1. The van der Waals surface area contributed by atoms with E-state index >= 15 is 0 Å². The number of thioether (sulfide) groups is 1. The molecule has 5 nitrogen and oxygen atoms in total. The molecular weight excluding hydrogens is 382 g/mol. The summed E-state index contributed by atoms with van der Waals surface area (Å²) in [5, 5.41) is 0. The maximum atomic E-state index is 12.9. The first-order valence-corrected chi connectivity index (χ1v) is 9.52. The fourth-order valence-corrected chi connectivity index (χ4v) is 3.92. The lowest BCUT2D eigenvalue weighted by Gasteiger charge is -2.15. The lowest BCUT2D eigenvalue weighted by molar-refractivity contribution is -0.113. The summed E-state index contributed by atoms with van der Waals surface area (Å²) in [4.78, 5) is 15.0. The van der Waals surface area contributed by atoms with Crippen LogP contribution >= 0.6 is 24.0 Å². The number of ether oxygens (including phenoxy) is 3. The van der Waals surface area contributed by atoms with Gasteiger partial charge in [0.25, 0.3) is 5.91 Å². The van der Waals surface area contributed by atoms with Crippen LogP contribution in [0, 0.1) is 0 Å². The van der Waals surface area contributed by atoms with Crippen LogP contribution < -0.4 is 19.1 Å². The van der Waals surface area contributed by atoms with E-state index in [2.05, 4.69) is 0 Å². The molecular formula is C20H19NO4S2. The Labute approximate surface area is 167 Å². The van der Waals surface area contributed by atoms with Gasteiger partial charge in [-0.3, -0.25) is 9.69 Å². The van der Waals surface area contributed by atoms with Gasteiger partial charge in [0.1, 0.15) is 17.2 Å². The SMILES string of the molecule is CCOc1ccc(N2C(=O)C(=Cc3ccc(OC)cc3OC)SC2=S)cc1. The van der Waals surface area contributed by atoms with Crippen molar-refractivity contribution >= 4 is 46.0 Å². The molecule has 1 heterocycles. The van der Waals surface area contributed by atoms with Crippen LogP contribution in [-0.2, 0) is 4.79 Å². The second-order valence-electron chi connectivity index (χ2n) is 5.55. The monoisotopic (exact) mass is 401 g/mol. The summed E-state index contributed by atoms with van der Waals surface area (Å²) < 4.78 is 16.5. The van der Waals surface area contributed by atoms with E-state index in [4.69, 9.17) is 26.4 Å². The van der Waals surface area contributed by atoms with E-state index in [0.29, 0.717) is 33.0 Å². The molecule has 0 aliphatic carbocycles. The van der Waals surface area contributed by atoms with Crippen LogP contribution in [0.4, 0.5) is 5.69 Å². The third-order valence-corrected chi connectivity index (χ3v) is 5.23. The summed E-state index contributed by atoms with van der Waals surface area (Å²) in [6.07, 6.45) is 1.78. The number of nitrogens with zero attached hydrogens (tertiary/aromatic N) is 1. The van der Waals surface area contributed by atoms with Crippen LogP contribution in [0.25, 0.3) is 6.08 Å². The molecule has 0 spiro atoms. The van der Waals surface area contributed by atoms with Gasteiger partial charge in [0.05, 0.1) is 31.4 Å². The number of amides is 1. The molecule has 0 unspecified atom stereocenters. The number of carbonyl (C=O) groups excluding carboxylic acids is 1. The number of hydrogen-bond donors (Lipinski definition) is 0. The maximum absolute atomic E-state index is 12.9. The highest BCUT2D eigenvalue weighted by Crippen LogP contribution is 2.38. The van der Waals surface area contributed by atoms with Gasteiger partial charge in [-0.2, -0.15) is 0 Å². The minimum Gasteiger partial charge on any atom is -0.497 e. The summed E-state index contributed by atoms with van der Waals surface area (Å²) in [6.45, 7) is 2.51. The standard InChI is InChI=1S/C20H19NO4S2/c1-4-25-15-9-6-14(7-10-15)21-19(22)18(27-20(21)26)11-13-5-8-16(23-2)12-17(13)24-3/h5-12H,4H2,1-3H3. The molecule has 1 amide bonds. The highest BCUT2D eigenvalue weighted by molar-refractivity contribution is 8.27. The fraction of sp³-hybridized carbons (Fsp3) is 0.200. The number of methoxy groups -OCH3 is 2. The fourth-order valence-electron chi connectivity index (χ4n) is 2.63. The third kappa shape index (κ3) is 4.09. The van der Waals surface area contributed by atoms with Gasteiger partial charge < -0.3 is 14.2 Å². The Balaban J connectivity index is 1.88. The number of anilines is 1. The number of thiocarbonyl (C=S) groups is 1. The second-order valence-corrected chi connectivity index (χ2v) is 7.23. The van der Waals surface area contributed by atoms with Gasteiger partial charge in [0.2, 0.25) is 0 Å². The van der Waals surface area contributed by atoms with Crippen LogP contribution in [-0.4, -0.2) is 31.1 Å². The average Bonchev–Trinajstić information content (AvgIpc) is 2.96. The van der Waals surface area contributed by atoms with E-state index in [1.165, 1.54) is 16.7 Å². The molecule has 1 aliphatic heterocycles. The zero-order valence-electron chi connectivity index (χ0n) is 15.2. The van der Waals surface area contributed by atoms with E-state index < -0.39 is 0 Å². The summed E-state index contributed by atoms with van der Waals surface area (Å²) in [5.74, 6) is 1.91. The molecule has 1 saturated heterocycles. The minimum atomic E-state index is -0.160. The third-order valence-electron chi connectivity index (χ3n) is 3.93. The van der Waals surface area contributed by atoms with Crippen LogP contribution in [0.5, 0.6) is 17.2 Å². The van der Waals surface area contributed by atoms with E-state index in [1.54, 1.807) is 26.4 Å². The van der Waals surface area contributed by atoms with Crippen molar-refractivity contribution in [1.29, 1.82) is 0 Å². The van der Waals surface area contributed by atoms with Gasteiger partial charge in [0, 0.05) is 11.6 Å². The topological polar surface area (TPSA) is 48.0 Å². The minimum absolute atomic E-state index is 0.160. The number of rotatable bonds is 6. The van der Waals surface area contributed by atoms with Crippen molar-refractivity contribution in [3.05, 3.63) is 52.9 Å². The molecule has 0 bridgehead atoms. The van der Waals surface area contributed by atoms with Crippen LogP contribution in [0.15, 0.2) is 47.4 Å². The number of carbonyl (C=O) groups is 1. The predicted octanol–water partition coefficient (Wildman–Crippen LogP) is 4.51. The molecule has 0 aromatic heterocycles. The second kappa shape index (κ2) is 8.45. The van der Waals surface area contributed by atoms with E-state index in [-0.39, 0.29) is 5.91 Å². The van der Waals surface area contributed by atoms with Crippen molar-refractivity contribution in [3.63, 3.8) is 0 Å². The van der Waals surface area contributed by atoms with Gasteiger partial charge in [-0.05, 0) is 49.4 Å². The number of hydrogen-bond acceptors (Lipinski definition) is 6.